The molecular weight excluding hydrogens is 1170 g/mol. The minimum Gasteiger partial charge on any atom is -0.462 e. The van der Waals surface area contributed by atoms with Crippen molar-refractivity contribution >= 4 is 39.5 Å². The summed E-state index contributed by atoms with van der Waals surface area (Å²) in [4.78, 5) is 72.5. The maximum absolute atomic E-state index is 13.0. The van der Waals surface area contributed by atoms with E-state index in [2.05, 4.69) is 55.4 Å². The van der Waals surface area contributed by atoms with Crippen LogP contribution in [0.25, 0.3) is 0 Å². The van der Waals surface area contributed by atoms with Gasteiger partial charge in [-0.05, 0) is 49.4 Å². The lowest BCUT2D eigenvalue weighted by Crippen LogP contribution is -2.30. The van der Waals surface area contributed by atoms with Gasteiger partial charge in [0.2, 0.25) is 0 Å². The topological polar surface area (TPSA) is 237 Å². The molecule has 7 atom stereocenters. The fourth-order valence-electron chi connectivity index (χ4n) is 10.4. The Bertz CT molecular complexity index is 1770. The van der Waals surface area contributed by atoms with Gasteiger partial charge >= 0.3 is 39.5 Å². The van der Waals surface area contributed by atoms with Crippen molar-refractivity contribution in [1.29, 1.82) is 0 Å². The highest BCUT2D eigenvalue weighted by molar-refractivity contribution is 7.47. The van der Waals surface area contributed by atoms with Gasteiger partial charge in [-0.15, -0.1) is 0 Å². The van der Waals surface area contributed by atoms with E-state index in [1.165, 1.54) is 141 Å². The monoisotopic (exact) mass is 1310 g/mol. The molecule has 0 saturated heterocycles. The molecule has 0 aromatic carbocycles. The summed E-state index contributed by atoms with van der Waals surface area (Å²) in [7, 11) is -9.90. The molecule has 17 nitrogen and oxygen atoms in total. The lowest BCUT2D eigenvalue weighted by Gasteiger charge is -2.21. The summed E-state index contributed by atoms with van der Waals surface area (Å²) in [6, 6.07) is 0. The molecule has 0 aliphatic heterocycles. The second-order valence-corrected chi connectivity index (χ2v) is 29.6. The summed E-state index contributed by atoms with van der Waals surface area (Å²) >= 11 is 0. The summed E-state index contributed by atoms with van der Waals surface area (Å²) in [6.07, 6.45) is 41.7. The fourth-order valence-corrected chi connectivity index (χ4v) is 12.0. The first kappa shape index (κ1) is 87.1. The first-order valence-electron chi connectivity index (χ1n) is 36.3. The van der Waals surface area contributed by atoms with Gasteiger partial charge in [-0.2, -0.15) is 0 Å². The molecule has 0 rings (SSSR count). The zero-order chi connectivity index (χ0) is 66.1. The third-order valence-corrected chi connectivity index (χ3v) is 18.7. The van der Waals surface area contributed by atoms with Crippen LogP contribution in [0.5, 0.6) is 0 Å². The summed E-state index contributed by atoms with van der Waals surface area (Å²) in [5.41, 5.74) is 0. The Labute approximate surface area is 543 Å². The molecule has 0 saturated carbocycles. The summed E-state index contributed by atoms with van der Waals surface area (Å²) in [6.45, 7) is 14.1. The maximum atomic E-state index is 13.0. The highest BCUT2D eigenvalue weighted by Crippen LogP contribution is 2.45. The van der Waals surface area contributed by atoms with Crippen molar-refractivity contribution < 1.29 is 80.2 Å². The number of phosphoric acid groups is 2. The molecule has 19 heteroatoms. The van der Waals surface area contributed by atoms with E-state index in [4.69, 9.17) is 37.0 Å². The molecule has 0 radical (unpaired) electrons. The van der Waals surface area contributed by atoms with Crippen molar-refractivity contribution in [2.75, 3.05) is 39.6 Å². The summed E-state index contributed by atoms with van der Waals surface area (Å²) in [5, 5.41) is 10.6. The molecule has 0 aromatic rings. The van der Waals surface area contributed by atoms with Crippen LogP contribution in [0.2, 0.25) is 0 Å². The molecule has 528 valence electrons. The Balaban J connectivity index is 5.24. The van der Waals surface area contributed by atoms with Crippen LogP contribution in [0.3, 0.4) is 0 Å². The predicted octanol–water partition coefficient (Wildman–Crippen LogP) is 19.7. The summed E-state index contributed by atoms with van der Waals surface area (Å²) < 4.78 is 68.3. The largest absolute Gasteiger partial charge is 0.472 e. The maximum Gasteiger partial charge on any atom is 0.472 e. The molecule has 0 spiro atoms. The van der Waals surface area contributed by atoms with Gasteiger partial charge in [0.25, 0.3) is 0 Å². The molecule has 0 aliphatic carbocycles. The lowest BCUT2D eigenvalue weighted by atomic mass is 9.99. The van der Waals surface area contributed by atoms with Gasteiger partial charge in [0.05, 0.1) is 26.4 Å². The number of hydrogen-bond acceptors (Lipinski definition) is 15. The zero-order valence-electron chi connectivity index (χ0n) is 58.1. The van der Waals surface area contributed by atoms with Crippen molar-refractivity contribution in [3.63, 3.8) is 0 Å². The van der Waals surface area contributed by atoms with Crippen LogP contribution >= 0.6 is 15.6 Å². The van der Waals surface area contributed by atoms with Crippen LogP contribution in [0.15, 0.2) is 0 Å². The normalized spacial score (nSPS) is 14.9. The van der Waals surface area contributed by atoms with Gasteiger partial charge in [-0.3, -0.25) is 37.3 Å². The first-order valence-corrected chi connectivity index (χ1v) is 39.3. The van der Waals surface area contributed by atoms with Crippen LogP contribution in [-0.4, -0.2) is 96.7 Å². The number of aliphatic hydroxyl groups excluding tert-OH is 1. The van der Waals surface area contributed by atoms with Crippen LogP contribution in [0.1, 0.15) is 344 Å². The predicted molar refractivity (Wildman–Crippen MR) is 358 cm³/mol. The van der Waals surface area contributed by atoms with Crippen molar-refractivity contribution in [3.8, 4) is 0 Å². The second kappa shape index (κ2) is 59.8. The molecule has 0 aliphatic rings. The number of rotatable bonds is 67. The van der Waals surface area contributed by atoms with Gasteiger partial charge in [-0.1, -0.05) is 293 Å². The van der Waals surface area contributed by atoms with Crippen molar-refractivity contribution in [1.82, 2.24) is 0 Å². The van der Waals surface area contributed by atoms with Crippen LogP contribution < -0.4 is 0 Å². The van der Waals surface area contributed by atoms with Gasteiger partial charge in [0, 0.05) is 25.7 Å². The number of ether oxygens (including phenoxy) is 4. The van der Waals surface area contributed by atoms with E-state index in [1.54, 1.807) is 0 Å². The average Bonchev–Trinajstić information content (AvgIpc) is 3.71. The van der Waals surface area contributed by atoms with E-state index in [0.29, 0.717) is 25.7 Å². The molecule has 0 fully saturated rings. The number of esters is 4. The quantitative estimate of drug-likeness (QED) is 0.0222. The number of phosphoric ester groups is 2. The number of hydrogen-bond donors (Lipinski definition) is 3. The molecule has 0 amide bonds. The highest BCUT2D eigenvalue weighted by Gasteiger charge is 2.30. The molecule has 89 heavy (non-hydrogen) atoms. The Morgan fingerprint density at radius 3 is 0.798 bits per heavy atom. The van der Waals surface area contributed by atoms with Gasteiger partial charge < -0.3 is 33.8 Å². The highest BCUT2D eigenvalue weighted by atomic mass is 31.2. The molecule has 4 unspecified atom stereocenters. The van der Waals surface area contributed by atoms with E-state index >= 15 is 0 Å². The Hall–Kier alpha value is -1.94. The lowest BCUT2D eigenvalue weighted by molar-refractivity contribution is -0.161. The summed E-state index contributed by atoms with van der Waals surface area (Å²) in [5.74, 6) is 0.877. The van der Waals surface area contributed by atoms with Crippen LogP contribution in [0.4, 0.5) is 0 Å². The van der Waals surface area contributed by atoms with E-state index in [-0.39, 0.29) is 25.7 Å². The van der Waals surface area contributed by atoms with E-state index < -0.39 is 97.5 Å². The third-order valence-electron chi connectivity index (χ3n) is 16.8. The number of aliphatic hydroxyl groups is 1. The molecule has 0 aromatic heterocycles. The van der Waals surface area contributed by atoms with Gasteiger partial charge in [0.15, 0.2) is 12.2 Å². The molecule has 0 heterocycles. The van der Waals surface area contributed by atoms with Crippen LogP contribution in [0, 0.1) is 23.7 Å². The first-order chi connectivity index (χ1) is 42.7. The van der Waals surface area contributed by atoms with Crippen LogP contribution in [-0.2, 0) is 65.4 Å². The van der Waals surface area contributed by atoms with E-state index in [9.17, 15) is 43.2 Å². The Morgan fingerprint density at radius 2 is 0.539 bits per heavy atom. The van der Waals surface area contributed by atoms with Gasteiger partial charge in [-0.25, -0.2) is 9.13 Å². The van der Waals surface area contributed by atoms with E-state index in [1.807, 2.05) is 0 Å². The zero-order valence-corrected chi connectivity index (χ0v) is 59.8. The van der Waals surface area contributed by atoms with Crippen molar-refractivity contribution in [3.05, 3.63) is 0 Å². The smallest absolute Gasteiger partial charge is 0.462 e. The molecule has 3 N–H and O–H groups in total. The van der Waals surface area contributed by atoms with Crippen molar-refractivity contribution in [2.45, 2.75) is 363 Å². The number of carbonyl (C=O) groups excluding carboxylic acids is 4. The fraction of sp³-hybridized carbons (Fsp3) is 0.943. The third kappa shape index (κ3) is 62.0. The Kier molecular flexibility index (Phi) is 58.5. The minimum atomic E-state index is -4.95. The number of carbonyl (C=O) groups is 4. The molecule has 0 bridgehead atoms. The second-order valence-electron chi connectivity index (χ2n) is 26.7. The molecular formula is C70H136O17P2. The van der Waals surface area contributed by atoms with Crippen molar-refractivity contribution in [2.24, 2.45) is 23.7 Å². The number of unbranched alkanes of at least 4 members (excludes halogenated alkanes) is 31. The van der Waals surface area contributed by atoms with E-state index in [0.717, 1.165) is 120 Å². The Morgan fingerprint density at radius 1 is 0.315 bits per heavy atom. The van der Waals surface area contributed by atoms with Gasteiger partial charge in [0.1, 0.15) is 19.3 Å². The SMILES string of the molecule is CCC(C)CCCCCCCCCCC(=O)O[C@H](COC(=O)CCCCCCCCC(C)CC)COP(=O)(O)OC[C@H](O)COP(=O)(O)OC[C@@H](COC(=O)CCCCCCCCCCCCCCCC(C)C)OC(=O)CCCCCCCCCCC(C)C. The average molecular weight is 1310 g/mol. The minimum absolute atomic E-state index is 0.103. The standard InChI is InChI=1S/C70H136O17P2/c1-9-62(7)48-40-32-24-19-21-27-37-45-53-70(75)87-66(57-81-68(73)51-43-35-29-28-33-41-49-63(8)10-2)59-85-89(78,79)83-55-64(71)54-82-88(76,77)84-58-65(86-69(74)52-44-36-26-20-18-23-31-39-47-61(5)6)56-80-67(72)50-42-34-25-17-15-13-11-12-14-16-22-30-38-46-60(3)4/h60-66,71H,9-59H2,1-8H3,(H,76,77)(H,78,79)/t62?,63?,64-,65-,66-/m1/s1.